The molecule has 0 aliphatic rings. The molecule has 48 valence electrons. The van der Waals surface area contributed by atoms with E-state index in [1.54, 1.807) is 22.4 Å². The number of nitrogens with zero attached hydrogens (tertiary/aromatic N) is 1. The molecule has 0 bridgehead atoms. The van der Waals surface area contributed by atoms with Gasteiger partial charge < -0.3 is 3.97 Å². The fraction of sp³-hybridized carbons (Fsp3) is 0.167. The zero-order valence-corrected chi connectivity index (χ0v) is 5.93. The molecular weight excluding hydrogens is 134 g/mol. The molecule has 1 aromatic rings. The van der Waals surface area contributed by atoms with Gasteiger partial charge in [0, 0.05) is 18.0 Å². The van der Waals surface area contributed by atoms with E-state index in [9.17, 15) is 4.79 Å². The first-order chi connectivity index (χ1) is 4.20. The average Bonchev–Trinajstić information content (AvgIpc) is 2.14. The van der Waals surface area contributed by atoms with Crippen molar-refractivity contribution in [3.8, 4) is 0 Å². The number of carbonyl (C=O) groups excluding carboxylic acids is 1. The first-order valence-electron chi connectivity index (χ1n) is 2.58. The first-order valence-corrected chi connectivity index (χ1v) is 2.98. The molecule has 0 N–H and O–H groups in total. The highest BCUT2D eigenvalue weighted by Gasteiger charge is 1.97. The van der Waals surface area contributed by atoms with Crippen molar-refractivity contribution >= 4 is 18.6 Å². The topological polar surface area (TPSA) is 22.0 Å². The quantitative estimate of drug-likeness (QED) is 0.463. The molecule has 0 atom stereocenters. The van der Waals surface area contributed by atoms with Gasteiger partial charge >= 0.3 is 0 Å². The average molecular weight is 141 g/mol. The van der Waals surface area contributed by atoms with Crippen LogP contribution in [-0.4, -0.2) is 9.76 Å². The van der Waals surface area contributed by atoms with Gasteiger partial charge in [-0.3, -0.25) is 4.79 Å². The minimum atomic E-state index is 0.0720. The zero-order chi connectivity index (χ0) is 6.85. The highest BCUT2D eigenvalue weighted by atomic mass is 32.1. The predicted molar refractivity (Wildman–Crippen MR) is 38.8 cm³/mol. The molecule has 3 heteroatoms. The van der Waals surface area contributed by atoms with E-state index in [0.717, 1.165) is 0 Å². The number of ketones is 1. The van der Waals surface area contributed by atoms with Gasteiger partial charge in [0.25, 0.3) is 0 Å². The van der Waals surface area contributed by atoms with Crippen molar-refractivity contribution < 1.29 is 4.79 Å². The molecule has 2 nitrogen and oxygen atoms in total. The Labute approximate surface area is 59.0 Å². The van der Waals surface area contributed by atoms with Crippen LogP contribution in [0, 0.1) is 0 Å². The van der Waals surface area contributed by atoms with Gasteiger partial charge in [-0.25, -0.2) is 0 Å². The Morgan fingerprint density at radius 1 is 1.78 bits per heavy atom. The van der Waals surface area contributed by atoms with Gasteiger partial charge in [-0.2, -0.15) is 0 Å². The zero-order valence-electron chi connectivity index (χ0n) is 5.03. The monoisotopic (exact) mass is 141 g/mol. The summed E-state index contributed by atoms with van der Waals surface area (Å²) in [4.78, 5) is 10.6. The number of thiol groups is 1. The highest BCUT2D eigenvalue weighted by Crippen LogP contribution is 2.01. The fourth-order valence-corrected chi connectivity index (χ4v) is 0.785. The van der Waals surface area contributed by atoms with Crippen LogP contribution in [0.25, 0.3) is 0 Å². The molecule has 0 aliphatic carbocycles. The molecule has 0 unspecified atom stereocenters. The second kappa shape index (κ2) is 2.27. The van der Waals surface area contributed by atoms with Crippen LogP contribution in [0.15, 0.2) is 18.5 Å². The molecule has 0 spiro atoms. The van der Waals surface area contributed by atoms with Crippen LogP contribution in [-0.2, 0) is 0 Å². The SMILES string of the molecule is CC(=O)c1ccn(S)c1. The van der Waals surface area contributed by atoms with Gasteiger partial charge in [-0.05, 0) is 13.0 Å². The maximum Gasteiger partial charge on any atom is 0.161 e. The van der Waals surface area contributed by atoms with Crippen LogP contribution in [0.5, 0.6) is 0 Å². The Kier molecular flexibility index (Phi) is 1.62. The van der Waals surface area contributed by atoms with Crippen molar-refractivity contribution in [1.29, 1.82) is 0 Å². The number of aromatic nitrogens is 1. The van der Waals surface area contributed by atoms with Crippen LogP contribution in [0.2, 0.25) is 0 Å². The van der Waals surface area contributed by atoms with E-state index in [1.165, 1.54) is 6.92 Å². The van der Waals surface area contributed by atoms with Gasteiger partial charge in [0.15, 0.2) is 5.78 Å². The van der Waals surface area contributed by atoms with Crippen molar-refractivity contribution in [3.63, 3.8) is 0 Å². The van der Waals surface area contributed by atoms with Gasteiger partial charge in [0.1, 0.15) is 0 Å². The molecule has 9 heavy (non-hydrogen) atoms. The van der Waals surface area contributed by atoms with Crippen LogP contribution in [0.4, 0.5) is 0 Å². The summed E-state index contributed by atoms with van der Waals surface area (Å²) in [7, 11) is 0. The number of hydrogen-bond acceptors (Lipinski definition) is 2. The van der Waals surface area contributed by atoms with Crippen molar-refractivity contribution in [2.75, 3.05) is 0 Å². The Bertz CT molecular complexity index is 229. The maximum absolute atomic E-state index is 10.6. The molecule has 0 aliphatic heterocycles. The lowest BCUT2D eigenvalue weighted by atomic mass is 10.2. The highest BCUT2D eigenvalue weighted by molar-refractivity contribution is 7.78. The minimum absolute atomic E-state index is 0.0720. The van der Waals surface area contributed by atoms with Crippen molar-refractivity contribution in [3.05, 3.63) is 24.0 Å². The summed E-state index contributed by atoms with van der Waals surface area (Å²) in [6.07, 6.45) is 3.39. The fourth-order valence-electron chi connectivity index (χ4n) is 0.593. The molecule has 0 amide bonds. The summed E-state index contributed by atoms with van der Waals surface area (Å²) < 4.78 is 1.55. The first kappa shape index (κ1) is 6.42. The summed E-state index contributed by atoms with van der Waals surface area (Å²) in [6, 6.07) is 1.73. The lowest BCUT2D eigenvalue weighted by Crippen LogP contribution is -1.86. The largest absolute Gasteiger partial charge is 0.301 e. The van der Waals surface area contributed by atoms with E-state index in [0.29, 0.717) is 5.56 Å². The van der Waals surface area contributed by atoms with E-state index in [4.69, 9.17) is 0 Å². The van der Waals surface area contributed by atoms with Crippen LogP contribution < -0.4 is 0 Å². The number of rotatable bonds is 1. The van der Waals surface area contributed by atoms with Gasteiger partial charge in [0.05, 0.1) is 0 Å². The summed E-state index contributed by atoms with van der Waals surface area (Å²) in [6.45, 7) is 1.53. The maximum atomic E-state index is 10.6. The summed E-state index contributed by atoms with van der Waals surface area (Å²) >= 11 is 3.96. The predicted octanol–water partition coefficient (Wildman–Crippen LogP) is 1.38. The minimum Gasteiger partial charge on any atom is -0.301 e. The third-order valence-electron chi connectivity index (χ3n) is 1.08. The molecular formula is C6H7NOS. The Hall–Kier alpha value is -0.700. The smallest absolute Gasteiger partial charge is 0.161 e. The van der Waals surface area contributed by atoms with Crippen LogP contribution in [0.1, 0.15) is 17.3 Å². The van der Waals surface area contributed by atoms with Crippen molar-refractivity contribution in [2.45, 2.75) is 6.92 Å². The Morgan fingerprint density at radius 2 is 2.44 bits per heavy atom. The van der Waals surface area contributed by atoms with E-state index in [2.05, 4.69) is 12.8 Å². The summed E-state index contributed by atoms with van der Waals surface area (Å²) in [5, 5.41) is 0. The van der Waals surface area contributed by atoms with Gasteiger partial charge in [0.2, 0.25) is 0 Å². The third kappa shape index (κ3) is 1.36. The number of Topliss-reactive ketones (excluding diaryl/α,β-unsaturated/α-hetero) is 1. The van der Waals surface area contributed by atoms with Crippen LogP contribution in [0.3, 0.4) is 0 Å². The standard InChI is InChI=1S/C6H7NOS/c1-5(8)6-2-3-7(9)4-6/h2-4,9H,1H3. The van der Waals surface area contributed by atoms with Gasteiger partial charge in [-0.1, -0.05) is 12.8 Å². The van der Waals surface area contributed by atoms with Crippen molar-refractivity contribution in [2.24, 2.45) is 0 Å². The summed E-state index contributed by atoms with van der Waals surface area (Å²) in [5.41, 5.74) is 0.699. The molecule has 0 radical (unpaired) electrons. The second-order valence-corrected chi connectivity index (χ2v) is 2.30. The molecule has 1 rings (SSSR count). The summed E-state index contributed by atoms with van der Waals surface area (Å²) in [5.74, 6) is 0.0720. The van der Waals surface area contributed by atoms with Crippen molar-refractivity contribution in [1.82, 2.24) is 3.97 Å². The number of carbonyl (C=O) groups is 1. The normalized spacial score (nSPS) is 9.56. The molecule has 0 fully saturated rings. The van der Waals surface area contributed by atoms with E-state index < -0.39 is 0 Å². The van der Waals surface area contributed by atoms with E-state index >= 15 is 0 Å². The molecule has 0 aromatic carbocycles. The molecule has 0 saturated heterocycles. The van der Waals surface area contributed by atoms with E-state index in [-0.39, 0.29) is 5.78 Å². The van der Waals surface area contributed by atoms with E-state index in [1.807, 2.05) is 0 Å². The second-order valence-electron chi connectivity index (χ2n) is 1.84. The third-order valence-corrected chi connectivity index (χ3v) is 1.33. The molecule has 1 heterocycles. The number of hydrogen-bond donors (Lipinski definition) is 1. The molecule has 0 saturated carbocycles. The molecule has 1 aromatic heterocycles. The van der Waals surface area contributed by atoms with Gasteiger partial charge in [-0.15, -0.1) is 0 Å². The Morgan fingerprint density at radius 3 is 2.67 bits per heavy atom. The lowest BCUT2D eigenvalue weighted by molar-refractivity contribution is 0.101. The Balaban J connectivity index is 2.98. The van der Waals surface area contributed by atoms with Crippen LogP contribution >= 0.6 is 12.8 Å². The lowest BCUT2D eigenvalue weighted by Gasteiger charge is -1.83.